The van der Waals surface area contributed by atoms with Crippen LogP contribution < -0.4 is 5.32 Å². The van der Waals surface area contributed by atoms with Gasteiger partial charge in [-0.25, -0.2) is 4.98 Å². The number of nitrogens with zero attached hydrogens (tertiary/aromatic N) is 3. The Bertz CT molecular complexity index is 380. The van der Waals surface area contributed by atoms with Crippen LogP contribution in [0.2, 0.25) is 0 Å². The van der Waals surface area contributed by atoms with Crippen LogP contribution in [-0.4, -0.2) is 47.0 Å². The standard InChI is InChI=1S/C13H22N4O/c1-14-6-9-16-10-12(15-11-16)13(18)17-7-4-2-3-5-8-17/h10-11,14H,2-9H2,1H3. The molecule has 2 rings (SSSR count). The van der Waals surface area contributed by atoms with Gasteiger partial charge in [-0.2, -0.15) is 0 Å². The SMILES string of the molecule is CNCCn1cnc(C(=O)N2CCCCCC2)c1. The Kier molecular flexibility index (Phi) is 4.75. The van der Waals surface area contributed by atoms with Gasteiger partial charge in [-0.3, -0.25) is 4.79 Å². The Morgan fingerprint density at radius 2 is 2.06 bits per heavy atom. The van der Waals surface area contributed by atoms with Gasteiger partial charge in [0.25, 0.3) is 5.91 Å². The molecular weight excluding hydrogens is 228 g/mol. The summed E-state index contributed by atoms with van der Waals surface area (Å²) in [4.78, 5) is 18.4. The summed E-state index contributed by atoms with van der Waals surface area (Å²) in [6.45, 7) is 3.48. The number of hydrogen-bond acceptors (Lipinski definition) is 3. The molecule has 0 aromatic carbocycles. The number of amides is 1. The average Bonchev–Trinajstić information content (AvgIpc) is 2.69. The van der Waals surface area contributed by atoms with E-state index in [4.69, 9.17) is 0 Å². The van der Waals surface area contributed by atoms with Gasteiger partial charge in [-0.1, -0.05) is 12.8 Å². The third-order valence-corrected chi connectivity index (χ3v) is 3.37. The lowest BCUT2D eigenvalue weighted by Crippen LogP contribution is -2.32. The van der Waals surface area contributed by atoms with Crippen LogP contribution in [0.1, 0.15) is 36.2 Å². The zero-order valence-corrected chi connectivity index (χ0v) is 11.1. The van der Waals surface area contributed by atoms with Crippen LogP contribution in [0.4, 0.5) is 0 Å². The maximum Gasteiger partial charge on any atom is 0.274 e. The fourth-order valence-corrected chi connectivity index (χ4v) is 2.27. The third-order valence-electron chi connectivity index (χ3n) is 3.37. The van der Waals surface area contributed by atoms with E-state index in [1.165, 1.54) is 12.8 Å². The minimum absolute atomic E-state index is 0.0834. The summed E-state index contributed by atoms with van der Waals surface area (Å²) in [6, 6.07) is 0. The van der Waals surface area contributed by atoms with Gasteiger partial charge >= 0.3 is 0 Å². The molecule has 1 aromatic rings. The number of nitrogens with one attached hydrogen (secondary N) is 1. The molecule has 1 aromatic heterocycles. The van der Waals surface area contributed by atoms with Gasteiger partial charge < -0.3 is 14.8 Å². The van der Waals surface area contributed by atoms with Crippen LogP contribution in [0.15, 0.2) is 12.5 Å². The van der Waals surface area contributed by atoms with E-state index in [1.54, 1.807) is 6.33 Å². The first-order valence-corrected chi connectivity index (χ1v) is 6.77. The lowest BCUT2D eigenvalue weighted by Gasteiger charge is -2.18. The van der Waals surface area contributed by atoms with Gasteiger partial charge in [0, 0.05) is 32.4 Å². The van der Waals surface area contributed by atoms with Gasteiger partial charge in [0.1, 0.15) is 5.69 Å². The smallest absolute Gasteiger partial charge is 0.274 e. The topological polar surface area (TPSA) is 50.2 Å². The molecule has 0 radical (unpaired) electrons. The van der Waals surface area contributed by atoms with Crippen molar-refractivity contribution in [1.29, 1.82) is 0 Å². The molecule has 0 atom stereocenters. The van der Waals surface area contributed by atoms with Crippen molar-refractivity contribution in [3.05, 3.63) is 18.2 Å². The van der Waals surface area contributed by atoms with Gasteiger partial charge in [-0.15, -0.1) is 0 Å². The van der Waals surface area contributed by atoms with E-state index < -0.39 is 0 Å². The van der Waals surface area contributed by atoms with Crippen LogP contribution in [0.5, 0.6) is 0 Å². The largest absolute Gasteiger partial charge is 0.337 e. The van der Waals surface area contributed by atoms with Crippen molar-refractivity contribution in [3.63, 3.8) is 0 Å². The molecule has 2 heterocycles. The second-order valence-electron chi connectivity index (χ2n) is 4.81. The molecule has 1 N–H and O–H groups in total. The Hall–Kier alpha value is -1.36. The summed E-state index contributed by atoms with van der Waals surface area (Å²) in [6.07, 6.45) is 8.30. The fourth-order valence-electron chi connectivity index (χ4n) is 2.27. The molecule has 1 amide bonds. The molecule has 18 heavy (non-hydrogen) atoms. The second kappa shape index (κ2) is 6.54. The van der Waals surface area contributed by atoms with Crippen molar-refractivity contribution in [3.8, 4) is 0 Å². The molecule has 0 unspecified atom stereocenters. The van der Waals surface area contributed by atoms with Gasteiger partial charge in [0.05, 0.1) is 6.33 Å². The normalized spacial score (nSPS) is 16.6. The third kappa shape index (κ3) is 3.32. The Morgan fingerprint density at radius 3 is 2.72 bits per heavy atom. The maximum atomic E-state index is 12.3. The number of rotatable bonds is 4. The maximum absolute atomic E-state index is 12.3. The number of hydrogen-bond donors (Lipinski definition) is 1. The highest BCUT2D eigenvalue weighted by atomic mass is 16.2. The average molecular weight is 250 g/mol. The first kappa shape index (κ1) is 13.1. The number of carbonyl (C=O) groups is 1. The van der Waals surface area contributed by atoms with E-state index >= 15 is 0 Å². The molecule has 0 bridgehead atoms. The molecule has 0 saturated carbocycles. The fraction of sp³-hybridized carbons (Fsp3) is 0.692. The molecule has 5 heteroatoms. The van der Waals surface area contributed by atoms with Crippen molar-refractivity contribution < 1.29 is 4.79 Å². The van der Waals surface area contributed by atoms with E-state index in [0.717, 1.165) is 39.0 Å². The second-order valence-corrected chi connectivity index (χ2v) is 4.81. The molecule has 0 spiro atoms. The van der Waals surface area contributed by atoms with Crippen LogP contribution >= 0.6 is 0 Å². The van der Waals surface area contributed by atoms with Crippen molar-refractivity contribution in [1.82, 2.24) is 19.8 Å². The predicted octanol–water partition coefficient (Wildman–Crippen LogP) is 1.12. The molecule has 100 valence electrons. The number of likely N-dealkylation sites (N-methyl/N-ethyl adjacent to an activating group) is 1. The van der Waals surface area contributed by atoms with Crippen molar-refractivity contribution in [2.24, 2.45) is 0 Å². The van der Waals surface area contributed by atoms with E-state index in [9.17, 15) is 4.79 Å². The first-order valence-electron chi connectivity index (χ1n) is 6.77. The van der Waals surface area contributed by atoms with E-state index in [1.807, 2.05) is 22.7 Å². The summed E-state index contributed by atoms with van der Waals surface area (Å²) in [5.74, 6) is 0.0834. The molecule has 1 aliphatic rings. The molecule has 1 aliphatic heterocycles. The van der Waals surface area contributed by atoms with Crippen LogP contribution in [0.3, 0.4) is 0 Å². The molecular formula is C13H22N4O. The summed E-state index contributed by atoms with van der Waals surface area (Å²) in [5.41, 5.74) is 0.577. The van der Waals surface area contributed by atoms with Crippen LogP contribution in [-0.2, 0) is 6.54 Å². The van der Waals surface area contributed by atoms with Gasteiger partial charge in [0.2, 0.25) is 0 Å². The monoisotopic (exact) mass is 250 g/mol. The highest BCUT2D eigenvalue weighted by Crippen LogP contribution is 2.12. The number of carbonyl (C=O) groups excluding carboxylic acids is 1. The molecule has 1 fully saturated rings. The molecule has 1 saturated heterocycles. The zero-order valence-electron chi connectivity index (χ0n) is 11.1. The van der Waals surface area contributed by atoms with E-state index in [2.05, 4.69) is 10.3 Å². The summed E-state index contributed by atoms with van der Waals surface area (Å²) < 4.78 is 1.96. The van der Waals surface area contributed by atoms with Gasteiger partial charge in [0.15, 0.2) is 0 Å². The summed E-state index contributed by atoms with van der Waals surface area (Å²) in [7, 11) is 1.92. The number of likely N-dealkylation sites (tertiary alicyclic amines) is 1. The number of imidazole rings is 1. The summed E-state index contributed by atoms with van der Waals surface area (Å²) in [5, 5.41) is 3.08. The van der Waals surface area contributed by atoms with Crippen LogP contribution in [0.25, 0.3) is 0 Å². The Balaban J connectivity index is 1.96. The van der Waals surface area contributed by atoms with Crippen molar-refractivity contribution in [2.45, 2.75) is 32.2 Å². The Morgan fingerprint density at radius 1 is 1.33 bits per heavy atom. The van der Waals surface area contributed by atoms with Crippen molar-refractivity contribution >= 4 is 5.91 Å². The van der Waals surface area contributed by atoms with Crippen LogP contribution in [0, 0.1) is 0 Å². The lowest BCUT2D eigenvalue weighted by atomic mass is 10.2. The first-order chi connectivity index (χ1) is 8.81. The zero-order chi connectivity index (χ0) is 12.8. The minimum atomic E-state index is 0.0834. The number of aromatic nitrogens is 2. The van der Waals surface area contributed by atoms with Gasteiger partial charge in [-0.05, 0) is 19.9 Å². The predicted molar refractivity (Wildman–Crippen MR) is 70.5 cm³/mol. The quantitative estimate of drug-likeness (QED) is 0.871. The van der Waals surface area contributed by atoms with Crippen molar-refractivity contribution in [2.75, 3.05) is 26.7 Å². The molecule has 0 aliphatic carbocycles. The highest BCUT2D eigenvalue weighted by Gasteiger charge is 2.19. The summed E-state index contributed by atoms with van der Waals surface area (Å²) >= 11 is 0. The Labute approximate surface area is 108 Å². The molecule has 5 nitrogen and oxygen atoms in total. The van der Waals surface area contributed by atoms with E-state index in [-0.39, 0.29) is 5.91 Å². The minimum Gasteiger partial charge on any atom is -0.337 e. The van der Waals surface area contributed by atoms with E-state index in [0.29, 0.717) is 5.69 Å². The highest BCUT2D eigenvalue weighted by molar-refractivity contribution is 5.92. The lowest BCUT2D eigenvalue weighted by molar-refractivity contribution is 0.0756.